The van der Waals surface area contributed by atoms with Crippen molar-refractivity contribution in [2.75, 3.05) is 13.1 Å². The van der Waals surface area contributed by atoms with Crippen molar-refractivity contribution in [3.63, 3.8) is 0 Å². The van der Waals surface area contributed by atoms with Crippen molar-refractivity contribution in [3.05, 3.63) is 79.6 Å². The fourth-order valence-corrected chi connectivity index (χ4v) is 5.20. The molecule has 1 aromatic carbocycles. The number of hydrogen-bond acceptors (Lipinski definition) is 6. The largest absolute Gasteiger partial charge is 0.488 e. The predicted molar refractivity (Wildman–Crippen MR) is 133 cm³/mol. The maximum atomic E-state index is 6.09. The van der Waals surface area contributed by atoms with Gasteiger partial charge in [0.15, 0.2) is 5.01 Å². The summed E-state index contributed by atoms with van der Waals surface area (Å²) in [6.07, 6.45) is 2.89. The van der Waals surface area contributed by atoms with Crippen LogP contribution in [-0.2, 0) is 13.2 Å². The second kappa shape index (κ2) is 11.3. The first-order valence-corrected chi connectivity index (χ1v) is 12.9. The Labute approximate surface area is 196 Å². The van der Waals surface area contributed by atoms with Crippen LogP contribution in [0.5, 0.6) is 5.75 Å². The zero-order chi connectivity index (χ0) is 21.3. The highest BCUT2D eigenvalue weighted by molar-refractivity contribution is 7.10. The van der Waals surface area contributed by atoms with Crippen molar-refractivity contribution in [2.24, 2.45) is 0 Å². The SMILES string of the molecule is CCCN(CC#Cc1nccs1)Cc1cccc(OCc2cc(-c3ccsc3)cs2)c1. The minimum Gasteiger partial charge on any atom is -0.488 e. The minimum atomic E-state index is 0.593. The third kappa shape index (κ3) is 6.52. The predicted octanol–water partition coefficient (Wildman–Crippen LogP) is 6.78. The van der Waals surface area contributed by atoms with Crippen molar-refractivity contribution in [1.82, 2.24) is 9.88 Å². The molecular formula is C25H24N2OS3. The molecule has 0 unspecified atom stereocenters. The topological polar surface area (TPSA) is 25.4 Å². The molecule has 0 saturated heterocycles. The zero-order valence-corrected chi connectivity index (χ0v) is 19.9. The van der Waals surface area contributed by atoms with Crippen LogP contribution < -0.4 is 4.74 Å². The number of hydrogen-bond donors (Lipinski definition) is 0. The maximum absolute atomic E-state index is 6.09. The van der Waals surface area contributed by atoms with Crippen molar-refractivity contribution in [2.45, 2.75) is 26.5 Å². The van der Waals surface area contributed by atoms with Gasteiger partial charge in [-0.1, -0.05) is 25.0 Å². The second-order valence-electron chi connectivity index (χ2n) is 7.10. The Morgan fingerprint density at radius 2 is 2.03 bits per heavy atom. The van der Waals surface area contributed by atoms with E-state index in [1.807, 2.05) is 11.4 Å². The van der Waals surface area contributed by atoms with Gasteiger partial charge >= 0.3 is 0 Å². The number of aromatic nitrogens is 1. The normalized spacial score (nSPS) is 10.8. The van der Waals surface area contributed by atoms with Gasteiger partial charge in [0.2, 0.25) is 0 Å². The number of nitrogens with zero attached hydrogens (tertiary/aromatic N) is 2. The first-order valence-electron chi connectivity index (χ1n) is 10.2. The molecule has 0 fully saturated rings. The molecule has 3 nitrogen and oxygen atoms in total. The van der Waals surface area contributed by atoms with Crippen LogP contribution in [0, 0.1) is 11.8 Å². The molecule has 0 saturated carbocycles. The molecule has 158 valence electrons. The molecule has 4 aromatic rings. The summed E-state index contributed by atoms with van der Waals surface area (Å²) < 4.78 is 6.09. The molecule has 0 N–H and O–H groups in total. The lowest BCUT2D eigenvalue weighted by molar-refractivity contribution is 0.294. The molecule has 31 heavy (non-hydrogen) atoms. The summed E-state index contributed by atoms with van der Waals surface area (Å²) in [5, 5.41) is 9.33. The number of thiophene rings is 2. The molecule has 4 rings (SSSR count). The van der Waals surface area contributed by atoms with E-state index in [1.54, 1.807) is 40.2 Å². The van der Waals surface area contributed by atoms with Gasteiger partial charge in [0.1, 0.15) is 12.4 Å². The summed E-state index contributed by atoms with van der Waals surface area (Å²) in [5.74, 6) is 7.33. The van der Waals surface area contributed by atoms with Gasteiger partial charge in [0.25, 0.3) is 0 Å². The van der Waals surface area contributed by atoms with Crippen LogP contribution in [-0.4, -0.2) is 23.0 Å². The molecular weight excluding hydrogens is 440 g/mol. The first kappa shape index (κ1) is 21.8. The van der Waals surface area contributed by atoms with Gasteiger partial charge in [-0.2, -0.15) is 11.3 Å². The van der Waals surface area contributed by atoms with Gasteiger partial charge in [0.05, 0.1) is 6.54 Å². The molecule has 0 atom stereocenters. The summed E-state index contributed by atoms with van der Waals surface area (Å²) in [7, 11) is 0. The highest BCUT2D eigenvalue weighted by Crippen LogP contribution is 2.28. The Hall–Kier alpha value is -2.43. The van der Waals surface area contributed by atoms with E-state index in [2.05, 4.69) is 75.1 Å². The fraction of sp³-hybridized carbons (Fsp3) is 0.240. The number of ether oxygens (including phenoxy) is 1. The molecule has 0 bridgehead atoms. The average molecular weight is 465 g/mol. The van der Waals surface area contributed by atoms with Gasteiger partial charge in [-0.15, -0.1) is 22.7 Å². The van der Waals surface area contributed by atoms with Gasteiger partial charge in [-0.05, 0) is 76.0 Å². The van der Waals surface area contributed by atoms with Crippen molar-refractivity contribution >= 4 is 34.0 Å². The Balaban J connectivity index is 1.34. The quantitative estimate of drug-likeness (QED) is 0.255. The lowest BCUT2D eigenvalue weighted by Crippen LogP contribution is -2.24. The highest BCUT2D eigenvalue weighted by Gasteiger charge is 2.07. The Morgan fingerprint density at radius 1 is 1.06 bits per heavy atom. The minimum absolute atomic E-state index is 0.593. The number of thiazole rings is 1. The second-order valence-corrected chi connectivity index (χ2v) is 9.77. The fourth-order valence-electron chi connectivity index (χ4n) is 3.23. The molecule has 0 aliphatic rings. The van der Waals surface area contributed by atoms with Gasteiger partial charge in [-0.3, -0.25) is 4.90 Å². The van der Waals surface area contributed by atoms with E-state index in [-0.39, 0.29) is 0 Å². The summed E-state index contributed by atoms with van der Waals surface area (Å²) in [4.78, 5) is 7.83. The molecule has 3 aromatic heterocycles. The van der Waals surface area contributed by atoms with Crippen molar-refractivity contribution in [3.8, 4) is 28.7 Å². The van der Waals surface area contributed by atoms with Crippen LogP contribution in [0.25, 0.3) is 11.1 Å². The standard InChI is InChI=1S/C25H24N2OS3/c1-2-10-27(11-4-7-25-26-9-13-30-25)16-20-5-3-6-23(14-20)28-17-24-15-22(19-31-24)21-8-12-29-18-21/h3,5-6,8-9,12-15,18-19H,2,10-11,16-17H2,1H3. The van der Waals surface area contributed by atoms with E-state index in [0.29, 0.717) is 6.61 Å². The number of rotatable bonds is 9. The Bertz CT molecular complexity index is 1120. The van der Waals surface area contributed by atoms with E-state index < -0.39 is 0 Å². The highest BCUT2D eigenvalue weighted by atomic mass is 32.1. The average Bonchev–Trinajstić information content (AvgIpc) is 3.55. The third-order valence-electron chi connectivity index (χ3n) is 4.66. The first-order chi connectivity index (χ1) is 15.3. The number of benzene rings is 1. The maximum Gasteiger partial charge on any atom is 0.166 e. The van der Waals surface area contributed by atoms with Crippen LogP contribution in [0.2, 0.25) is 0 Å². The molecule has 0 spiro atoms. The van der Waals surface area contributed by atoms with Crippen LogP contribution in [0.4, 0.5) is 0 Å². The lowest BCUT2D eigenvalue weighted by Gasteiger charge is -2.19. The van der Waals surface area contributed by atoms with Crippen LogP contribution in [0.3, 0.4) is 0 Å². The zero-order valence-electron chi connectivity index (χ0n) is 17.4. The molecule has 0 aliphatic carbocycles. The van der Waals surface area contributed by atoms with Crippen molar-refractivity contribution in [1.29, 1.82) is 0 Å². The Morgan fingerprint density at radius 3 is 2.84 bits per heavy atom. The van der Waals surface area contributed by atoms with Gasteiger partial charge in [-0.25, -0.2) is 4.98 Å². The summed E-state index contributed by atoms with van der Waals surface area (Å²) in [6.45, 7) is 5.40. The van der Waals surface area contributed by atoms with Crippen LogP contribution in [0.1, 0.15) is 28.8 Å². The van der Waals surface area contributed by atoms with Crippen LogP contribution >= 0.6 is 34.0 Å². The van der Waals surface area contributed by atoms with E-state index in [1.165, 1.54) is 21.6 Å². The molecule has 0 aliphatic heterocycles. The van der Waals surface area contributed by atoms with E-state index in [9.17, 15) is 0 Å². The van der Waals surface area contributed by atoms with Gasteiger partial charge in [0, 0.05) is 23.0 Å². The van der Waals surface area contributed by atoms with E-state index in [0.717, 1.165) is 36.8 Å². The van der Waals surface area contributed by atoms with E-state index >= 15 is 0 Å². The summed E-state index contributed by atoms with van der Waals surface area (Å²) >= 11 is 5.05. The van der Waals surface area contributed by atoms with Gasteiger partial charge < -0.3 is 4.74 Å². The van der Waals surface area contributed by atoms with E-state index in [4.69, 9.17) is 4.74 Å². The van der Waals surface area contributed by atoms with Crippen LogP contribution in [0.15, 0.2) is 64.1 Å². The molecule has 0 radical (unpaired) electrons. The third-order valence-corrected chi connectivity index (χ3v) is 6.95. The Kier molecular flexibility index (Phi) is 7.92. The summed E-state index contributed by atoms with van der Waals surface area (Å²) in [6, 6.07) is 12.8. The van der Waals surface area contributed by atoms with Crippen molar-refractivity contribution < 1.29 is 4.74 Å². The summed E-state index contributed by atoms with van der Waals surface area (Å²) in [5.41, 5.74) is 3.79. The smallest absolute Gasteiger partial charge is 0.166 e. The molecule has 6 heteroatoms. The molecule has 0 amide bonds. The lowest BCUT2D eigenvalue weighted by atomic mass is 10.2. The molecule has 3 heterocycles. The monoisotopic (exact) mass is 464 g/mol.